The fourth-order valence-electron chi connectivity index (χ4n) is 0.820. The molecule has 0 spiro atoms. The molecule has 0 bridgehead atoms. The predicted molar refractivity (Wildman–Crippen MR) is 48.6 cm³/mol. The lowest BCUT2D eigenvalue weighted by Crippen LogP contribution is -1.95. The van der Waals surface area contributed by atoms with Crippen molar-refractivity contribution in [3.8, 4) is 6.07 Å². The average Bonchev–Trinajstić information content (AvgIpc) is 2.05. The summed E-state index contributed by atoms with van der Waals surface area (Å²) in [4.78, 5) is 1.25. The Morgan fingerprint density at radius 1 is 1.36 bits per heavy atom. The van der Waals surface area contributed by atoms with Crippen LogP contribution in [0.3, 0.4) is 0 Å². The van der Waals surface area contributed by atoms with Crippen LogP contribution in [0.15, 0.2) is 29.2 Å². The first kappa shape index (κ1) is 8.16. The van der Waals surface area contributed by atoms with Gasteiger partial charge in [0.15, 0.2) is 4.90 Å². The van der Waals surface area contributed by atoms with Crippen molar-refractivity contribution in [1.29, 1.82) is 5.26 Å². The third kappa shape index (κ3) is 1.99. The fraction of sp³-hybridized carbons (Fsp3) is 0.222. The second-order valence-corrected chi connectivity index (χ2v) is 4.56. The summed E-state index contributed by atoms with van der Waals surface area (Å²) in [6.45, 7) is 0. The van der Waals surface area contributed by atoms with Gasteiger partial charge in [0, 0.05) is 17.0 Å². The van der Waals surface area contributed by atoms with Crippen molar-refractivity contribution in [2.24, 2.45) is 0 Å². The second-order valence-electron chi connectivity index (χ2n) is 2.46. The Morgan fingerprint density at radius 2 is 2.09 bits per heavy atom. The molecule has 0 heterocycles. The topological polar surface area (TPSA) is 23.8 Å². The number of rotatable bonds is 1. The molecule has 1 nitrogen and oxygen atoms in total. The van der Waals surface area contributed by atoms with E-state index >= 15 is 0 Å². The zero-order valence-electron chi connectivity index (χ0n) is 6.66. The van der Waals surface area contributed by atoms with Crippen LogP contribution in [0, 0.1) is 11.3 Å². The number of hydrogen-bond donors (Lipinski definition) is 0. The molecule has 0 saturated carbocycles. The zero-order valence-corrected chi connectivity index (χ0v) is 7.48. The molecule has 2 heteroatoms. The maximum atomic E-state index is 8.60. The second kappa shape index (κ2) is 3.45. The maximum absolute atomic E-state index is 8.60. The van der Waals surface area contributed by atoms with Gasteiger partial charge in [0.1, 0.15) is 12.5 Å². The molecule has 0 atom stereocenters. The summed E-state index contributed by atoms with van der Waals surface area (Å²) in [5.74, 6) is 0. The van der Waals surface area contributed by atoms with Crippen LogP contribution in [0.5, 0.6) is 0 Å². The normalized spacial score (nSPS) is 9.64. The molecule has 0 N–H and O–H groups in total. The minimum Gasteiger partial charge on any atom is -0.192 e. The molecule has 0 amide bonds. The molecule has 56 valence electrons. The highest BCUT2D eigenvalue weighted by Gasteiger charge is 2.07. The Morgan fingerprint density at radius 3 is 2.64 bits per heavy atom. The maximum Gasteiger partial charge on any atom is 0.155 e. The SMILES string of the molecule is C[S+](C)c1cccc(C#N)c1. The van der Waals surface area contributed by atoms with Crippen LogP contribution >= 0.6 is 0 Å². The van der Waals surface area contributed by atoms with Crippen molar-refractivity contribution in [3.05, 3.63) is 29.8 Å². The van der Waals surface area contributed by atoms with Gasteiger partial charge in [-0.05, 0) is 12.1 Å². The Hall–Kier alpha value is -0.940. The van der Waals surface area contributed by atoms with Crippen molar-refractivity contribution in [2.75, 3.05) is 12.5 Å². The molecule has 0 aliphatic heterocycles. The minimum atomic E-state index is 0.258. The molecule has 1 aromatic carbocycles. The molecule has 1 rings (SSSR count). The lowest BCUT2D eigenvalue weighted by molar-refractivity contribution is 1.40. The van der Waals surface area contributed by atoms with Crippen molar-refractivity contribution in [1.82, 2.24) is 0 Å². The van der Waals surface area contributed by atoms with Crippen molar-refractivity contribution in [3.63, 3.8) is 0 Å². The van der Waals surface area contributed by atoms with Gasteiger partial charge in [-0.25, -0.2) is 0 Å². The monoisotopic (exact) mass is 164 g/mol. The van der Waals surface area contributed by atoms with E-state index in [1.807, 2.05) is 18.2 Å². The van der Waals surface area contributed by atoms with Crippen LogP contribution < -0.4 is 0 Å². The lowest BCUT2D eigenvalue weighted by Gasteiger charge is -1.94. The van der Waals surface area contributed by atoms with E-state index in [1.54, 1.807) is 0 Å². The number of hydrogen-bond acceptors (Lipinski definition) is 1. The van der Waals surface area contributed by atoms with Crippen LogP contribution in [-0.4, -0.2) is 12.5 Å². The smallest absolute Gasteiger partial charge is 0.155 e. The first-order chi connectivity index (χ1) is 5.24. The van der Waals surface area contributed by atoms with E-state index in [1.165, 1.54) is 4.90 Å². The summed E-state index contributed by atoms with van der Waals surface area (Å²) in [6, 6.07) is 9.89. The van der Waals surface area contributed by atoms with Crippen molar-refractivity contribution >= 4 is 10.9 Å². The minimum absolute atomic E-state index is 0.258. The van der Waals surface area contributed by atoms with E-state index in [-0.39, 0.29) is 10.9 Å². The molecular weight excluding hydrogens is 154 g/mol. The molecule has 11 heavy (non-hydrogen) atoms. The molecule has 0 fully saturated rings. The van der Waals surface area contributed by atoms with Gasteiger partial charge < -0.3 is 0 Å². The average molecular weight is 164 g/mol. The molecule has 0 aliphatic rings. The molecule has 0 aromatic heterocycles. The zero-order chi connectivity index (χ0) is 8.27. The van der Waals surface area contributed by atoms with Crippen molar-refractivity contribution < 1.29 is 0 Å². The summed E-state index contributed by atoms with van der Waals surface area (Å²) in [7, 11) is 0.258. The van der Waals surface area contributed by atoms with E-state index in [2.05, 4.69) is 24.6 Å². The summed E-state index contributed by atoms with van der Waals surface area (Å²) >= 11 is 0. The van der Waals surface area contributed by atoms with Gasteiger partial charge in [0.05, 0.1) is 11.6 Å². The first-order valence-corrected chi connectivity index (χ1v) is 5.36. The van der Waals surface area contributed by atoms with Gasteiger partial charge in [-0.2, -0.15) is 5.26 Å². The summed E-state index contributed by atoms with van der Waals surface area (Å²) in [6.07, 6.45) is 4.30. The van der Waals surface area contributed by atoms with Crippen LogP contribution in [0.25, 0.3) is 0 Å². The third-order valence-electron chi connectivity index (χ3n) is 1.43. The highest BCUT2D eigenvalue weighted by molar-refractivity contribution is 7.95. The van der Waals surface area contributed by atoms with E-state index in [0.29, 0.717) is 0 Å². The lowest BCUT2D eigenvalue weighted by atomic mass is 10.2. The van der Waals surface area contributed by atoms with Gasteiger partial charge >= 0.3 is 0 Å². The third-order valence-corrected chi connectivity index (χ3v) is 2.63. The van der Waals surface area contributed by atoms with Gasteiger partial charge in [0.2, 0.25) is 0 Å². The molecule has 0 unspecified atom stereocenters. The predicted octanol–water partition coefficient (Wildman–Crippen LogP) is 1.80. The molecule has 0 aliphatic carbocycles. The van der Waals surface area contributed by atoms with Crippen LogP contribution in [0.1, 0.15) is 5.56 Å². The Labute approximate surface area is 70.0 Å². The quantitative estimate of drug-likeness (QED) is 0.580. The number of nitriles is 1. The van der Waals surface area contributed by atoms with Gasteiger partial charge in [-0.1, -0.05) is 6.07 Å². The van der Waals surface area contributed by atoms with Crippen LogP contribution in [0.2, 0.25) is 0 Å². The molecule has 1 aromatic rings. The highest BCUT2D eigenvalue weighted by Crippen LogP contribution is 2.10. The first-order valence-electron chi connectivity index (χ1n) is 3.32. The van der Waals surface area contributed by atoms with E-state index in [9.17, 15) is 0 Å². The fourth-order valence-corrected chi connectivity index (χ4v) is 1.53. The number of nitrogens with zero attached hydrogens (tertiary/aromatic N) is 1. The Bertz CT molecular complexity index is 286. The Balaban J connectivity index is 3.03. The molecular formula is C9H10NS+. The van der Waals surface area contributed by atoms with Gasteiger partial charge in [-0.15, -0.1) is 0 Å². The Kier molecular flexibility index (Phi) is 2.56. The van der Waals surface area contributed by atoms with E-state index in [0.717, 1.165) is 5.56 Å². The van der Waals surface area contributed by atoms with Crippen LogP contribution in [0.4, 0.5) is 0 Å². The van der Waals surface area contributed by atoms with Crippen LogP contribution in [-0.2, 0) is 10.9 Å². The molecule has 0 radical (unpaired) electrons. The molecule has 0 saturated heterocycles. The highest BCUT2D eigenvalue weighted by atomic mass is 32.2. The van der Waals surface area contributed by atoms with Gasteiger partial charge in [-0.3, -0.25) is 0 Å². The standard InChI is InChI=1S/C9H10NS/c1-11(2)9-5-3-4-8(6-9)7-10/h3-6H,1-2H3/q+1. The summed E-state index contributed by atoms with van der Waals surface area (Å²) in [5, 5.41) is 8.60. The summed E-state index contributed by atoms with van der Waals surface area (Å²) < 4.78 is 0. The largest absolute Gasteiger partial charge is 0.192 e. The van der Waals surface area contributed by atoms with E-state index in [4.69, 9.17) is 5.26 Å². The number of benzene rings is 1. The van der Waals surface area contributed by atoms with E-state index < -0.39 is 0 Å². The van der Waals surface area contributed by atoms with Gasteiger partial charge in [0.25, 0.3) is 0 Å². The van der Waals surface area contributed by atoms with Crippen molar-refractivity contribution in [2.45, 2.75) is 4.90 Å². The summed E-state index contributed by atoms with van der Waals surface area (Å²) in [5.41, 5.74) is 0.753.